The van der Waals surface area contributed by atoms with E-state index in [2.05, 4.69) is 48.3 Å². The molecule has 0 saturated carbocycles. The predicted octanol–water partition coefficient (Wildman–Crippen LogP) is 3.92. The highest BCUT2D eigenvalue weighted by Crippen LogP contribution is 2.22. The van der Waals surface area contributed by atoms with Crippen LogP contribution in [0.15, 0.2) is 48.8 Å². The number of hydrogen-bond donors (Lipinski definition) is 1. The molecule has 4 nitrogen and oxygen atoms in total. The molecule has 1 aliphatic heterocycles. The van der Waals surface area contributed by atoms with E-state index in [0.717, 1.165) is 38.8 Å². The quantitative estimate of drug-likeness (QED) is 0.866. The Morgan fingerprint density at radius 3 is 2.56 bits per heavy atom. The van der Waals surface area contributed by atoms with Crippen LogP contribution >= 0.6 is 0 Å². The van der Waals surface area contributed by atoms with E-state index in [1.807, 2.05) is 29.1 Å². The molecule has 1 saturated heterocycles. The second-order valence-corrected chi connectivity index (χ2v) is 7.04. The van der Waals surface area contributed by atoms with Crippen molar-refractivity contribution in [2.24, 2.45) is 0 Å². The van der Waals surface area contributed by atoms with E-state index < -0.39 is 0 Å². The summed E-state index contributed by atoms with van der Waals surface area (Å²) in [5, 5.41) is 3.29. The van der Waals surface area contributed by atoms with Gasteiger partial charge in [0.15, 0.2) is 0 Å². The van der Waals surface area contributed by atoms with Gasteiger partial charge in [0, 0.05) is 37.2 Å². The number of anilines is 1. The van der Waals surface area contributed by atoms with Gasteiger partial charge in [-0.3, -0.25) is 4.79 Å². The Morgan fingerprint density at radius 1 is 1.20 bits per heavy atom. The molecule has 25 heavy (non-hydrogen) atoms. The Morgan fingerprint density at radius 2 is 1.92 bits per heavy atom. The van der Waals surface area contributed by atoms with Crippen molar-refractivity contribution in [2.45, 2.75) is 51.6 Å². The van der Waals surface area contributed by atoms with Gasteiger partial charge in [0.05, 0.1) is 0 Å². The Balaban J connectivity index is 1.55. The number of nitrogens with one attached hydrogen (secondary N) is 1. The molecule has 1 fully saturated rings. The van der Waals surface area contributed by atoms with Crippen molar-refractivity contribution in [1.82, 2.24) is 9.88 Å². The lowest BCUT2D eigenvalue weighted by Crippen LogP contribution is -2.46. The van der Waals surface area contributed by atoms with Crippen LogP contribution in [-0.4, -0.2) is 29.6 Å². The van der Waals surface area contributed by atoms with Crippen LogP contribution in [0.1, 0.15) is 44.2 Å². The van der Waals surface area contributed by atoms with Crippen LogP contribution in [0.4, 0.5) is 5.69 Å². The summed E-state index contributed by atoms with van der Waals surface area (Å²) in [6.07, 6.45) is 7.86. The molecule has 3 rings (SSSR count). The van der Waals surface area contributed by atoms with Crippen LogP contribution in [0.2, 0.25) is 0 Å². The highest BCUT2D eigenvalue weighted by molar-refractivity contribution is 5.80. The Labute approximate surface area is 150 Å². The van der Waals surface area contributed by atoms with Gasteiger partial charge in [0.25, 0.3) is 0 Å². The van der Waals surface area contributed by atoms with Gasteiger partial charge in [-0.05, 0) is 56.0 Å². The Hall–Kier alpha value is -2.23. The van der Waals surface area contributed by atoms with Crippen molar-refractivity contribution < 1.29 is 4.79 Å². The number of amides is 1. The van der Waals surface area contributed by atoms with Crippen molar-refractivity contribution >= 4 is 11.6 Å². The third-order valence-electron chi connectivity index (χ3n) is 5.06. The minimum absolute atomic E-state index is 0.0881. The maximum atomic E-state index is 12.8. The van der Waals surface area contributed by atoms with Crippen LogP contribution in [0, 0.1) is 6.92 Å². The first-order valence-corrected chi connectivity index (χ1v) is 9.42. The molecule has 4 heteroatoms. The molecule has 0 bridgehead atoms. The van der Waals surface area contributed by atoms with Gasteiger partial charge in [0.1, 0.15) is 6.04 Å². The van der Waals surface area contributed by atoms with Gasteiger partial charge in [-0.25, -0.2) is 0 Å². The second kappa shape index (κ2) is 8.24. The minimum Gasteiger partial charge on any atom is -0.371 e. The summed E-state index contributed by atoms with van der Waals surface area (Å²) in [4.78, 5) is 15.2. The molecule has 0 aliphatic carbocycles. The van der Waals surface area contributed by atoms with Crippen molar-refractivity contribution in [2.75, 3.05) is 18.0 Å². The molecule has 0 unspecified atom stereocenters. The van der Waals surface area contributed by atoms with Gasteiger partial charge < -0.3 is 14.8 Å². The summed E-state index contributed by atoms with van der Waals surface area (Å²) >= 11 is 0. The second-order valence-electron chi connectivity index (χ2n) is 7.04. The Kier molecular flexibility index (Phi) is 5.79. The van der Waals surface area contributed by atoms with E-state index in [1.54, 1.807) is 0 Å². The molecule has 2 aromatic rings. The zero-order chi connectivity index (χ0) is 17.6. The number of hydrogen-bond acceptors (Lipinski definition) is 2. The lowest BCUT2D eigenvalue weighted by molar-refractivity contribution is -0.125. The average molecular weight is 339 g/mol. The number of carbonyl (C=O) groups is 1. The maximum absolute atomic E-state index is 12.8. The molecule has 1 N–H and O–H groups in total. The third-order valence-corrected chi connectivity index (χ3v) is 5.06. The zero-order valence-electron chi connectivity index (χ0n) is 15.3. The Bertz CT molecular complexity index is 672. The van der Waals surface area contributed by atoms with E-state index in [9.17, 15) is 4.79 Å². The topological polar surface area (TPSA) is 37.3 Å². The van der Waals surface area contributed by atoms with Gasteiger partial charge in [-0.2, -0.15) is 0 Å². The predicted molar refractivity (Wildman–Crippen MR) is 103 cm³/mol. The van der Waals surface area contributed by atoms with E-state index in [1.165, 1.54) is 11.3 Å². The van der Waals surface area contributed by atoms with Crippen molar-refractivity contribution in [3.8, 4) is 0 Å². The number of aromatic nitrogens is 1. The molecular formula is C21H29N3O. The maximum Gasteiger partial charge on any atom is 0.243 e. The molecule has 0 spiro atoms. The summed E-state index contributed by atoms with van der Waals surface area (Å²) in [6.45, 7) is 6.25. The van der Waals surface area contributed by atoms with E-state index >= 15 is 0 Å². The van der Waals surface area contributed by atoms with E-state index in [4.69, 9.17) is 0 Å². The fourth-order valence-corrected chi connectivity index (χ4v) is 3.65. The van der Waals surface area contributed by atoms with Crippen LogP contribution in [0.25, 0.3) is 0 Å². The van der Waals surface area contributed by atoms with Crippen molar-refractivity contribution in [3.63, 3.8) is 0 Å². The first-order chi connectivity index (χ1) is 12.2. The van der Waals surface area contributed by atoms with Gasteiger partial charge in [-0.1, -0.05) is 25.5 Å². The summed E-state index contributed by atoms with van der Waals surface area (Å²) in [5.74, 6) is 0.159. The minimum atomic E-state index is -0.0881. The highest BCUT2D eigenvalue weighted by atomic mass is 16.2. The third kappa shape index (κ3) is 4.44. The normalized spacial score (nSPS) is 16.6. The number of rotatable bonds is 6. The molecule has 1 aliphatic rings. The largest absolute Gasteiger partial charge is 0.371 e. The van der Waals surface area contributed by atoms with E-state index in [-0.39, 0.29) is 18.0 Å². The van der Waals surface area contributed by atoms with Crippen LogP contribution in [-0.2, 0) is 4.79 Å². The lowest BCUT2D eigenvalue weighted by atomic mass is 10.0. The molecule has 1 atom stereocenters. The monoisotopic (exact) mass is 339 g/mol. The van der Waals surface area contributed by atoms with Crippen LogP contribution < -0.4 is 10.2 Å². The van der Waals surface area contributed by atoms with Crippen molar-refractivity contribution in [3.05, 3.63) is 54.4 Å². The van der Waals surface area contributed by atoms with Gasteiger partial charge in [-0.15, -0.1) is 0 Å². The van der Waals surface area contributed by atoms with Crippen LogP contribution in [0.3, 0.4) is 0 Å². The first-order valence-electron chi connectivity index (χ1n) is 9.42. The average Bonchev–Trinajstić information content (AvgIpc) is 3.14. The molecule has 2 heterocycles. The SMILES string of the molecule is CCC[C@H](C(=O)NC1CCN(c2cccc(C)c2)CC1)n1cccc1. The lowest BCUT2D eigenvalue weighted by Gasteiger charge is -2.34. The molecule has 1 aromatic heterocycles. The summed E-state index contributed by atoms with van der Waals surface area (Å²) in [5.41, 5.74) is 2.59. The number of nitrogens with zero attached hydrogens (tertiary/aromatic N) is 2. The summed E-state index contributed by atoms with van der Waals surface area (Å²) in [6, 6.07) is 12.8. The standard InChI is InChI=1S/C21H29N3O/c1-3-7-20(24-12-4-5-13-24)21(25)22-18-10-14-23(15-11-18)19-9-6-8-17(2)16-19/h4-6,8-9,12-13,16,18,20H,3,7,10-11,14-15H2,1-2H3,(H,22,25)/t20-/m1/s1. The number of benzene rings is 1. The van der Waals surface area contributed by atoms with Gasteiger partial charge >= 0.3 is 0 Å². The summed E-state index contributed by atoms with van der Waals surface area (Å²) < 4.78 is 2.03. The highest BCUT2D eigenvalue weighted by Gasteiger charge is 2.25. The summed E-state index contributed by atoms with van der Waals surface area (Å²) in [7, 11) is 0. The van der Waals surface area contributed by atoms with Crippen LogP contribution in [0.5, 0.6) is 0 Å². The van der Waals surface area contributed by atoms with E-state index in [0.29, 0.717) is 0 Å². The number of aryl methyl sites for hydroxylation is 1. The number of piperidine rings is 1. The van der Waals surface area contributed by atoms with Gasteiger partial charge in [0.2, 0.25) is 5.91 Å². The fraction of sp³-hybridized carbons (Fsp3) is 0.476. The van der Waals surface area contributed by atoms with Crippen molar-refractivity contribution in [1.29, 1.82) is 0 Å². The molecule has 0 radical (unpaired) electrons. The smallest absolute Gasteiger partial charge is 0.243 e. The molecule has 1 aromatic carbocycles. The molecule has 134 valence electrons. The fourth-order valence-electron chi connectivity index (χ4n) is 3.65. The number of carbonyl (C=O) groups excluding carboxylic acids is 1. The molecule has 1 amide bonds. The molecular weight excluding hydrogens is 310 g/mol. The zero-order valence-corrected chi connectivity index (χ0v) is 15.3. The first kappa shape index (κ1) is 17.6.